The highest BCUT2D eigenvalue weighted by molar-refractivity contribution is 4.66. The molecular formula is C5H8O. The average molecular weight is 84.1 g/mol. The molecule has 0 aromatic rings. The summed E-state index contributed by atoms with van der Waals surface area (Å²) in [5, 5.41) is 0. The van der Waals surface area contributed by atoms with Crippen molar-refractivity contribution >= 4 is 0 Å². The van der Waals surface area contributed by atoms with Crippen LogP contribution in [0.1, 0.15) is 12.8 Å². The van der Waals surface area contributed by atoms with Gasteiger partial charge >= 0.3 is 0 Å². The van der Waals surface area contributed by atoms with E-state index in [-0.39, 0.29) is 0 Å². The van der Waals surface area contributed by atoms with Crippen LogP contribution in [0.3, 0.4) is 0 Å². The maximum absolute atomic E-state index is 4.96. The molecule has 1 nitrogen and oxygen atoms in total. The van der Waals surface area contributed by atoms with E-state index in [1.54, 1.807) is 0 Å². The predicted octanol–water partition coefficient (Wildman–Crippen LogP) is 0.878. The Morgan fingerprint density at radius 2 is 2.50 bits per heavy atom. The van der Waals surface area contributed by atoms with Crippen molar-refractivity contribution in [3.63, 3.8) is 0 Å². The van der Waals surface area contributed by atoms with Gasteiger partial charge in [0.05, 0.1) is 6.61 Å². The summed E-state index contributed by atoms with van der Waals surface area (Å²) in [7, 11) is 0. The zero-order valence-electron chi connectivity index (χ0n) is 3.74. The Labute approximate surface area is 38.3 Å². The van der Waals surface area contributed by atoms with Gasteiger partial charge in [0.25, 0.3) is 0 Å². The van der Waals surface area contributed by atoms with Gasteiger partial charge in [-0.05, 0) is 12.8 Å². The second kappa shape index (κ2) is 2.19. The van der Waals surface area contributed by atoms with Crippen LogP contribution >= 0.6 is 0 Å². The minimum atomic E-state index is 0.750. The molecule has 0 bridgehead atoms. The molecule has 0 saturated carbocycles. The first-order valence-corrected chi connectivity index (χ1v) is 2.28. The van der Waals surface area contributed by atoms with Gasteiger partial charge in [-0.2, -0.15) is 0 Å². The van der Waals surface area contributed by atoms with E-state index in [1.165, 1.54) is 6.42 Å². The fourth-order valence-electron chi connectivity index (χ4n) is 0.516. The summed E-state index contributed by atoms with van der Waals surface area (Å²) in [4.78, 5) is 0. The molecule has 6 heavy (non-hydrogen) atoms. The molecule has 1 heterocycles. The quantitative estimate of drug-likeness (QED) is 0.423. The lowest BCUT2D eigenvalue weighted by molar-refractivity contribution is 0.127. The fraction of sp³-hybridized carbons (Fsp3) is 0.800. The summed E-state index contributed by atoms with van der Waals surface area (Å²) in [6.07, 6.45) is 5.35. The SMILES string of the molecule is [C]1CCCOC1. The van der Waals surface area contributed by atoms with E-state index in [1.807, 2.05) is 0 Å². The van der Waals surface area contributed by atoms with Gasteiger partial charge in [0.1, 0.15) is 0 Å². The van der Waals surface area contributed by atoms with E-state index < -0.39 is 0 Å². The largest absolute Gasteiger partial charge is 0.381 e. The molecule has 1 heteroatoms. The van der Waals surface area contributed by atoms with E-state index in [2.05, 4.69) is 6.42 Å². The highest BCUT2D eigenvalue weighted by Gasteiger charge is 1.95. The third-order valence-electron chi connectivity index (χ3n) is 0.846. The Bertz CT molecular complexity index is 19.4. The van der Waals surface area contributed by atoms with Crippen molar-refractivity contribution in [2.75, 3.05) is 13.2 Å². The van der Waals surface area contributed by atoms with Gasteiger partial charge in [-0.1, -0.05) is 0 Å². The van der Waals surface area contributed by atoms with Crippen molar-refractivity contribution in [3.05, 3.63) is 6.42 Å². The molecule has 0 N–H and O–H groups in total. The number of hydrogen-bond acceptors (Lipinski definition) is 1. The second-order valence-corrected chi connectivity index (χ2v) is 1.41. The van der Waals surface area contributed by atoms with Crippen molar-refractivity contribution in [2.45, 2.75) is 12.8 Å². The smallest absolute Gasteiger partial charge is 0.0535 e. The molecule has 0 aliphatic carbocycles. The van der Waals surface area contributed by atoms with E-state index in [0.717, 1.165) is 19.6 Å². The molecule has 1 aliphatic heterocycles. The Morgan fingerprint density at radius 3 is 2.67 bits per heavy atom. The molecule has 34 valence electrons. The lowest BCUT2D eigenvalue weighted by atomic mass is 10.2. The monoisotopic (exact) mass is 84.1 g/mol. The van der Waals surface area contributed by atoms with Crippen LogP contribution < -0.4 is 0 Å². The summed E-state index contributed by atoms with van der Waals surface area (Å²) in [6.45, 7) is 1.69. The molecule has 0 aromatic carbocycles. The Balaban J connectivity index is 2.00. The van der Waals surface area contributed by atoms with Crippen LogP contribution in [0.5, 0.6) is 0 Å². The van der Waals surface area contributed by atoms with Crippen LogP contribution in [0.15, 0.2) is 0 Å². The highest BCUT2D eigenvalue weighted by Crippen LogP contribution is 2.00. The molecule has 1 saturated heterocycles. The molecule has 0 atom stereocenters. The highest BCUT2D eigenvalue weighted by atomic mass is 16.5. The van der Waals surface area contributed by atoms with Gasteiger partial charge in [0.15, 0.2) is 0 Å². The molecule has 1 aliphatic rings. The molecule has 1 rings (SSSR count). The first-order valence-electron chi connectivity index (χ1n) is 2.28. The van der Waals surface area contributed by atoms with Gasteiger partial charge in [0.2, 0.25) is 0 Å². The Kier molecular flexibility index (Phi) is 1.51. The van der Waals surface area contributed by atoms with Crippen molar-refractivity contribution in [1.29, 1.82) is 0 Å². The van der Waals surface area contributed by atoms with Gasteiger partial charge in [-0.3, -0.25) is 0 Å². The van der Waals surface area contributed by atoms with E-state index in [0.29, 0.717) is 0 Å². The molecule has 1 fully saturated rings. The molecule has 2 radical (unpaired) electrons. The minimum Gasteiger partial charge on any atom is -0.381 e. The number of rotatable bonds is 0. The molecule has 0 spiro atoms. The maximum atomic E-state index is 4.96. The fourth-order valence-corrected chi connectivity index (χ4v) is 0.516. The predicted molar refractivity (Wildman–Crippen MR) is 23.3 cm³/mol. The lowest BCUT2D eigenvalue weighted by Crippen LogP contribution is -2.03. The Morgan fingerprint density at radius 1 is 1.50 bits per heavy atom. The Hall–Kier alpha value is -0.0400. The van der Waals surface area contributed by atoms with Crippen molar-refractivity contribution in [3.8, 4) is 0 Å². The number of hydrogen-bond donors (Lipinski definition) is 0. The topological polar surface area (TPSA) is 9.23 Å². The summed E-state index contributed by atoms with van der Waals surface area (Å²) < 4.78 is 4.96. The van der Waals surface area contributed by atoms with Gasteiger partial charge < -0.3 is 4.74 Å². The van der Waals surface area contributed by atoms with Crippen LogP contribution in [0.4, 0.5) is 0 Å². The normalized spacial score (nSPS) is 24.0. The molecule has 0 unspecified atom stereocenters. The van der Waals surface area contributed by atoms with Crippen molar-refractivity contribution in [1.82, 2.24) is 0 Å². The summed E-state index contributed by atoms with van der Waals surface area (Å²) in [6, 6.07) is 0. The lowest BCUT2D eigenvalue weighted by Gasteiger charge is -2.07. The van der Waals surface area contributed by atoms with E-state index in [4.69, 9.17) is 4.74 Å². The van der Waals surface area contributed by atoms with E-state index >= 15 is 0 Å². The van der Waals surface area contributed by atoms with Crippen molar-refractivity contribution < 1.29 is 4.74 Å². The van der Waals surface area contributed by atoms with E-state index in [9.17, 15) is 0 Å². The zero-order valence-corrected chi connectivity index (χ0v) is 3.74. The van der Waals surface area contributed by atoms with Crippen LogP contribution in [-0.2, 0) is 4.74 Å². The zero-order chi connectivity index (χ0) is 4.24. The first-order chi connectivity index (χ1) is 3.00. The molecular weight excluding hydrogens is 76.1 g/mol. The van der Waals surface area contributed by atoms with Crippen LogP contribution in [0, 0.1) is 6.42 Å². The van der Waals surface area contributed by atoms with Crippen LogP contribution in [-0.4, -0.2) is 13.2 Å². The first kappa shape index (κ1) is 4.13. The van der Waals surface area contributed by atoms with Crippen LogP contribution in [0.2, 0.25) is 0 Å². The second-order valence-electron chi connectivity index (χ2n) is 1.41. The van der Waals surface area contributed by atoms with Crippen molar-refractivity contribution in [2.24, 2.45) is 0 Å². The minimum absolute atomic E-state index is 0.750. The summed E-state index contributed by atoms with van der Waals surface area (Å²) in [5.74, 6) is 0. The summed E-state index contributed by atoms with van der Waals surface area (Å²) in [5.41, 5.74) is 0. The molecule has 0 amide bonds. The summed E-state index contributed by atoms with van der Waals surface area (Å²) >= 11 is 0. The number of ether oxygens (including phenoxy) is 1. The standard InChI is InChI=1S/C5H8O/c1-2-4-6-5-3-1/h1-2,4-5H2. The third kappa shape index (κ3) is 0.977. The maximum Gasteiger partial charge on any atom is 0.0535 e. The van der Waals surface area contributed by atoms with Gasteiger partial charge in [0, 0.05) is 13.0 Å². The molecule has 0 aromatic heterocycles. The average Bonchev–Trinajstić information content (AvgIpc) is 1.72. The van der Waals surface area contributed by atoms with Gasteiger partial charge in [-0.15, -0.1) is 0 Å². The third-order valence-corrected chi connectivity index (χ3v) is 0.846. The van der Waals surface area contributed by atoms with Crippen LogP contribution in [0.25, 0.3) is 0 Å². The van der Waals surface area contributed by atoms with Gasteiger partial charge in [-0.25, -0.2) is 0 Å².